The highest BCUT2D eigenvalue weighted by Crippen LogP contribution is 2.12. The number of ether oxygens (including phenoxy) is 1. The van der Waals surface area contributed by atoms with Gasteiger partial charge in [0.1, 0.15) is 17.7 Å². The van der Waals surface area contributed by atoms with Crippen LogP contribution in [0.5, 0.6) is 5.75 Å². The fourth-order valence-electron chi connectivity index (χ4n) is 2.22. The molecule has 0 spiro atoms. The Bertz CT molecular complexity index is 677. The Morgan fingerprint density at radius 3 is 2.54 bits per heavy atom. The third-order valence-electron chi connectivity index (χ3n) is 3.61. The topological polar surface area (TPSA) is 58.5 Å². The standard InChI is InChI=1S/C19H25FN4O.HI/c1-14-4-5-16(13-23-14)10-11-22-19(21-3)24-12-15(2)25-18-8-6-17(20)7-9-18;/h4-9,13,15H,10-12H2,1-3H3,(H2,21,22,24);1H. The van der Waals surface area contributed by atoms with Gasteiger partial charge in [-0.15, -0.1) is 24.0 Å². The Kier molecular flexibility index (Phi) is 9.93. The largest absolute Gasteiger partial charge is 0.489 e. The van der Waals surface area contributed by atoms with Crippen LogP contribution >= 0.6 is 24.0 Å². The van der Waals surface area contributed by atoms with Crippen molar-refractivity contribution in [1.29, 1.82) is 0 Å². The second-order valence-corrected chi connectivity index (χ2v) is 5.82. The zero-order chi connectivity index (χ0) is 18.1. The van der Waals surface area contributed by atoms with Crippen molar-refractivity contribution in [2.24, 2.45) is 4.99 Å². The molecule has 1 atom stereocenters. The van der Waals surface area contributed by atoms with Crippen LogP contribution in [0, 0.1) is 12.7 Å². The first-order valence-electron chi connectivity index (χ1n) is 8.35. The summed E-state index contributed by atoms with van der Waals surface area (Å²) < 4.78 is 18.6. The molecule has 0 saturated heterocycles. The Hall–Kier alpha value is -1.90. The Balaban J connectivity index is 0.00000338. The lowest BCUT2D eigenvalue weighted by molar-refractivity contribution is 0.223. The fraction of sp³-hybridized carbons (Fsp3) is 0.368. The number of nitrogens with zero attached hydrogens (tertiary/aromatic N) is 2. The molecule has 1 aromatic heterocycles. The second kappa shape index (κ2) is 11.7. The predicted octanol–water partition coefficient (Wildman–Crippen LogP) is 3.32. The van der Waals surface area contributed by atoms with Crippen LogP contribution in [0.3, 0.4) is 0 Å². The summed E-state index contributed by atoms with van der Waals surface area (Å²) in [6.45, 7) is 5.27. The molecule has 26 heavy (non-hydrogen) atoms. The van der Waals surface area contributed by atoms with Crippen molar-refractivity contribution in [3.63, 3.8) is 0 Å². The van der Waals surface area contributed by atoms with Gasteiger partial charge < -0.3 is 15.4 Å². The summed E-state index contributed by atoms with van der Waals surface area (Å²) in [4.78, 5) is 8.49. The number of hydrogen-bond acceptors (Lipinski definition) is 3. The van der Waals surface area contributed by atoms with E-state index in [2.05, 4.69) is 26.7 Å². The first-order valence-corrected chi connectivity index (χ1v) is 8.35. The van der Waals surface area contributed by atoms with Gasteiger partial charge in [-0.2, -0.15) is 0 Å². The van der Waals surface area contributed by atoms with Crippen LogP contribution in [0.2, 0.25) is 0 Å². The average molecular weight is 472 g/mol. The second-order valence-electron chi connectivity index (χ2n) is 5.82. The normalized spacial score (nSPS) is 12.1. The lowest BCUT2D eigenvalue weighted by Gasteiger charge is -2.17. The van der Waals surface area contributed by atoms with Gasteiger partial charge in [0.05, 0.1) is 6.54 Å². The predicted molar refractivity (Wildman–Crippen MR) is 114 cm³/mol. The molecule has 2 aromatic rings. The third kappa shape index (κ3) is 7.99. The van der Waals surface area contributed by atoms with Crippen molar-refractivity contribution in [3.05, 3.63) is 59.7 Å². The molecule has 0 saturated carbocycles. The summed E-state index contributed by atoms with van der Waals surface area (Å²) >= 11 is 0. The molecule has 0 radical (unpaired) electrons. The van der Waals surface area contributed by atoms with Crippen molar-refractivity contribution in [3.8, 4) is 5.75 Å². The molecular formula is C19H26FIN4O. The maximum absolute atomic E-state index is 12.9. The van der Waals surface area contributed by atoms with E-state index in [0.717, 1.165) is 24.6 Å². The summed E-state index contributed by atoms with van der Waals surface area (Å²) in [7, 11) is 1.73. The van der Waals surface area contributed by atoms with E-state index in [4.69, 9.17) is 4.74 Å². The SMILES string of the molecule is CN=C(NCCc1ccc(C)nc1)NCC(C)Oc1ccc(F)cc1.I. The van der Waals surface area contributed by atoms with Crippen molar-refractivity contribution in [2.45, 2.75) is 26.4 Å². The van der Waals surface area contributed by atoms with Gasteiger partial charge in [0.15, 0.2) is 5.96 Å². The van der Waals surface area contributed by atoms with Crippen molar-refractivity contribution < 1.29 is 9.13 Å². The number of guanidine groups is 1. The van der Waals surface area contributed by atoms with Crippen molar-refractivity contribution >= 4 is 29.9 Å². The number of benzene rings is 1. The number of aliphatic imine (C=N–C) groups is 1. The Labute approximate surface area is 171 Å². The zero-order valence-electron chi connectivity index (χ0n) is 15.3. The van der Waals surface area contributed by atoms with Crippen LogP contribution in [0.25, 0.3) is 0 Å². The maximum atomic E-state index is 12.9. The highest BCUT2D eigenvalue weighted by molar-refractivity contribution is 14.0. The van der Waals surface area contributed by atoms with E-state index in [-0.39, 0.29) is 35.9 Å². The van der Waals surface area contributed by atoms with E-state index in [0.29, 0.717) is 12.3 Å². The fourth-order valence-corrected chi connectivity index (χ4v) is 2.22. The van der Waals surface area contributed by atoms with Crippen LogP contribution < -0.4 is 15.4 Å². The van der Waals surface area contributed by atoms with Gasteiger partial charge in [0, 0.05) is 25.5 Å². The zero-order valence-corrected chi connectivity index (χ0v) is 17.7. The van der Waals surface area contributed by atoms with E-state index in [1.54, 1.807) is 19.2 Å². The van der Waals surface area contributed by atoms with E-state index in [1.807, 2.05) is 26.1 Å². The average Bonchev–Trinajstić information content (AvgIpc) is 2.61. The first kappa shape index (κ1) is 22.1. The molecular weight excluding hydrogens is 446 g/mol. The van der Waals surface area contributed by atoms with Gasteiger partial charge in [-0.1, -0.05) is 6.07 Å². The summed E-state index contributed by atoms with van der Waals surface area (Å²) in [5.41, 5.74) is 2.20. The van der Waals surface area contributed by atoms with Gasteiger partial charge in [-0.05, 0) is 56.2 Å². The Morgan fingerprint density at radius 1 is 1.19 bits per heavy atom. The molecule has 1 heterocycles. The number of rotatable bonds is 7. The van der Waals surface area contributed by atoms with Crippen LogP contribution in [0.15, 0.2) is 47.6 Å². The molecule has 1 unspecified atom stereocenters. The smallest absolute Gasteiger partial charge is 0.191 e. The molecule has 142 valence electrons. The minimum absolute atomic E-state index is 0. The number of aromatic nitrogens is 1. The van der Waals surface area contributed by atoms with Gasteiger partial charge in [-0.3, -0.25) is 9.98 Å². The lowest BCUT2D eigenvalue weighted by atomic mass is 10.2. The minimum Gasteiger partial charge on any atom is -0.489 e. The number of hydrogen-bond donors (Lipinski definition) is 2. The first-order chi connectivity index (χ1) is 12.1. The highest BCUT2D eigenvalue weighted by atomic mass is 127. The van der Waals surface area contributed by atoms with Crippen LogP contribution in [-0.4, -0.2) is 37.2 Å². The lowest BCUT2D eigenvalue weighted by Crippen LogP contribution is -2.42. The number of nitrogens with one attached hydrogen (secondary N) is 2. The molecule has 5 nitrogen and oxygen atoms in total. The van der Waals surface area contributed by atoms with E-state index in [9.17, 15) is 4.39 Å². The van der Waals surface area contributed by atoms with E-state index in [1.165, 1.54) is 17.7 Å². The molecule has 0 fully saturated rings. The van der Waals surface area contributed by atoms with Crippen molar-refractivity contribution in [1.82, 2.24) is 15.6 Å². The third-order valence-corrected chi connectivity index (χ3v) is 3.61. The van der Waals surface area contributed by atoms with Gasteiger partial charge in [0.2, 0.25) is 0 Å². The molecule has 1 aromatic carbocycles. The molecule has 7 heteroatoms. The monoisotopic (exact) mass is 472 g/mol. The van der Waals surface area contributed by atoms with Crippen LogP contribution in [0.4, 0.5) is 4.39 Å². The molecule has 2 rings (SSSR count). The number of pyridine rings is 1. The van der Waals surface area contributed by atoms with E-state index >= 15 is 0 Å². The molecule has 0 aliphatic carbocycles. The number of halogens is 2. The number of aryl methyl sites for hydroxylation is 1. The van der Waals surface area contributed by atoms with Crippen LogP contribution in [0.1, 0.15) is 18.2 Å². The summed E-state index contributed by atoms with van der Waals surface area (Å²) in [5, 5.41) is 6.49. The molecule has 0 aliphatic rings. The quantitative estimate of drug-likeness (QED) is 0.369. The van der Waals surface area contributed by atoms with Gasteiger partial charge >= 0.3 is 0 Å². The molecule has 0 aliphatic heterocycles. The summed E-state index contributed by atoms with van der Waals surface area (Å²) in [5.74, 6) is 1.09. The highest BCUT2D eigenvalue weighted by Gasteiger charge is 2.06. The van der Waals surface area contributed by atoms with Crippen LogP contribution in [-0.2, 0) is 6.42 Å². The van der Waals surface area contributed by atoms with Gasteiger partial charge in [0.25, 0.3) is 0 Å². The molecule has 2 N–H and O–H groups in total. The summed E-state index contributed by atoms with van der Waals surface area (Å²) in [6.07, 6.45) is 2.69. The van der Waals surface area contributed by atoms with Gasteiger partial charge in [-0.25, -0.2) is 4.39 Å². The Morgan fingerprint density at radius 2 is 1.92 bits per heavy atom. The molecule has 0 bridgehead atoms. The van der Waals surface area contributed by atoms with Crippen molar-refractivity contribution in [2.75, 3.05) is 20.1 Å². The summed E-state index contributed by atoms with van der Waals surface area (Å²) in [6, 6.07) is 10.1. The molecule has 0 amide bonds. The maximum Gasteiger partial charge on any atom is 0.191 e. The minimum atomic E-state index is -0.272. The van der Waals surface area contributed by atoms with E-state index < -0.39 is 0 Å².